The Bertz CT molecular complexity index is 547. The average Bonchev–Trinajstić information content (AvgIpc) is 2.91. The molecule has 1 aromatic carbocycles. The monoisotopic (exact) mass is 304 g/mol. The molecule has 5 nitrogen and oxygen atoms in total. The predicted molar refractivity (Wildman–Crippen MR) is 84.3 cm³/mol. The Morgan fingerprint density at radius 3 is 2.82 bits per heavy atom. The van der Waals surface area contributed by atoms with Crippen LogP contribution < -0.4 is 14.8 Å². The number of ether oxygens (including phenoxy) is 2. The maximum absolute atomic E-state index is 12.0. The summed E-state index contributed by atoms with van der Waals surface area (Å²) in [6.45, 7) is 4.32. The van der Waals surface area contributed by atoms with Crippen LogP contribution in [0.4, 0.5) is 0 Å². The molecular formula is C17H24N2O3. The fourth-order valence-corrected chi connectivity index (χ4v) is 3.36. The molecule has 2 aliphatic rings. The number of carbonyl (C=O) groups is 1. The number of nitrogens with one attached hydrogen (secondary N) is 1. The SMILES string of the molecule is CNC(=O)[C@H](C)N1CCC[C@@H]1c1ccc2c(c1)OCCCO2. The van der Waals surface area contributed by atoms with Crippen LogP contribution in [-0.4, -0.2) is 43.7 Å². The van der Waals surface area contributed by atoms with Gasteiger partial charge in [0, 0.05) is 19.5 Å². The number of nitrogens with zero attached hydrogens (tertiary/aromatic N) is 1. The molecule has 1 amide bonds. The lowest BCUT2D eigenvalue weighted by Gasteiger charge is -2.30. The quantitative estimate of drug-likeness (QED) is 0.929. The van der Waals surface area contributed by atoms with E-state index in [0.717, 1.165) is 37.3 Å². The Labute approximate surface area is 131 Å². The van der Waals surface area contributed by atoms with Crippen LogP contribution in [0.1, 0.15) is 37.8 Å². The molecule has 0 spiro atoms. The van der Waals surface area contributed by atoms with Gasteiger partial charge in [0.25, 0.3) is 0 Å². The van der Waals surface area contributed by atoms with Crippen LogP contribution >= 0.6 is 0 Å². The summed E-state index contributed by atoms with van der Waals surface area (Å²) < 4.78 is 11.5. The topological polar surface area (TPSA) is 50.8 Å². The third-order valence-corrected chi connectivity index (χ3v) is 4.57. The third kappa shape index (κ3) is 2.90. The second-order valence-electron chi connectivity index (χ2n) is 5.94. The maximum Gasteiger partial charge on any atom is 0.236 e. The van der Waals surface area contributed by atoms with Gasteiger partial charge in [0.2, 0.25) is 5.91 Å². The summed E-state index contributed by atoms with van der Waals surface area (Å²) in [5, 5.41) is 2.75. The zero-order chi connectivity index (χ0) is 15.5. The number of amides is 1. The van der Waals surface area contributed by atoms with E-state index in [0.29, 0.717) is 13.2 Å². The van der Waals surface area contributed by atoms with E-state index in [1.54, 1.807) is 7.05 Å². The summed E-state index contributed by atoms with van der Waals surface area (Å²) in [5.74, 6) is 1.72. The lowest BCUT2D eigenvalue weighted by atomic mass is 10.0. The van der Waals surface area contributed by atoms with Gasteiger partial charge in [-0.2, -0.15) is 0 Å². The number of carbonyl (C=O) groups excluding carboxylic acids is 1. The molecule has 120 valence electrons. The first-order valence-corrected chi connectivity index (χ1v) is 8.07. The number of likely N-dealkylation sites (N-methyl/N-ethyl adjacent to an activating group) is 1. The maximum atomic E-state index is 12.0. The molecule has 0 bridgehead atoms. The second kappa shape index (κ2) is 6.57. The van der Waals surface area contributed by atoms with Crippen LogP contribution in [0.15, 0.2) is 18.2 Å². The molecule has 3 rings (SSSR count). The zero-order valence-electron chi connectivity index (χ0n) is 13.3. The van der Waals surface area contributed by atoms with Crippen LogP contribution in [0.2, 0.25) is 0 Å². The fraction of sp³-hybridized carbons (Fsp3) is 0.588. The van der Waals surface area contributed by atoms with Crippen LogP contribution in [0.5, 0.6) is 11.5 Å². The molecule has 22 heavy (non-hydrogen) atoms. The molecule has 2 aliphatic heterocycles. The number of fused-ring (bicyclic) bond motifs is 1. The summed E-state index contributed by atoms with van der Waals surface area (Å²) in [4.78, 5) is 14.2. The molecule has 1 N–H and O–H groups in total. The van der Waals surface area contributed by atoms with Crippen molar-refractivity contribution in [1.82, 2.24) is 10.2 Å². The highest BCUT2D eigenvalue weighted by Gasteiger charge is 2.33. The van der Waals surface area contributed by atoms with Gasteiger partial charge >= 0.3 is 0 Å². The summed E-state index contributed by atoms with van der Waals surface area (Å²) in [7, 11) is 1.69. The summed E-state index contributed by atoms with van der Waals surface area (Å²) in [6.07, 6.45) is 3.09. The molecule has 1 fully saturated rings. The van der Waals surface area contributed by atoms with Gasteiger partial charge in [0.15, 0.2) is 11.5 Å². The van der Waals surface area contributed by atoms with Crippen molar-refractivity contribution < 1.29 is 14.3 Å². The molecular weight excluding hydrogens is 280 g/mol. The second-order valence-corrected chi connectivity index (χ2v) is 5.94. The molecule has 0 radical (unpaired) electrons. The van der Waals surface area contributed by atoms with Gasteiger partial charge in [-0.1, -0.05) is 6.07 Å². The predicted octanol–water partition coefficient (Wildman–Crippen LogP) is 2.12. The minimum atomic E-state index is -0.117. The largest absolute Gasteiger partial charge is 0.490 e. The average molecular weight is 304 g/mol. The van der Waals surface area contributed by atoms with Crippen LogP contribution in [0.25, 0.3) is 0 Å². The lowest BCUT2D eigenvalue weighted by Crippen LogP contribution is -2.43. The zero-order valence-corrected chi connectivity index (χ0v) is 13.3. The van der Waals surface area contributed by atoms with Crippen molar-refractivity contribution in [3.05, 3.63) is 23.8 Å². The molecule has 0 aliphatic carbocycles. The molecule has 2 heterocycles. The number of hydrogen-bond acceptors (Lipinski definition) is 4. The molecule has 1 aromatic rings. The minimum absolute atomic E-state index is 0.0706. The van der Waals surface area contributed by atoms with Crippen molar-refractivity contribution in [3.63, 3.8) is 0 Å². The molecule has 0 unspecified atom stereocenters. The van der Waals surface area contributed by atoms with Gasteiger partial charge in [-0.15, -0.1) is 0 Å². The van der Waals surface area contributed by atoms with E-state index in [1.165, 1.54) is 5.56 Å². The number of hydrogen-bond donors (Lipinski definition) is 1. The standard InChI is InChI=1S/C17H24N2O3/c1-12(17(20)18-2)19-8-3-5-14(19)13-6-7-15-16(11-13)22-10-4-9-21-15/h6-7,11-12,14H,3-5,8-10H2,1-2H3,(H,18,20)/t12-,14+/m0/s1. The van der Waals surface area contributed by atoms with Gasteiger partial charge in [-0.3, -0.25) is 9.69 Å². The van der Waals surface area contributed by atoms with Crippen LogP contribution in [-0.2, 0) is 4.79 Å². The summed E-state index contributed by atoms with van der Waals surface area (Å²) >= 11 is 0. The minimum Gasteiger partial charge on any atom is -0.490 e. The number of rotatable bonds is 3. The van der Waals surface area contributed by atoms with E-state index < -0.39 is 0 Å². The van der Waals surface area contributed by atoms with Crippen molar-refractivity contribution in [3.8, 4) is 11.5 Å². The highest BCUT2D eigenvalue weighted by atomic mass is 16.5. The van der Waals surface area contributed by atoms with Gasteiger partial charge < -0.3 is 14.8 Å². The van der Waals surface area contributed by atoms with Crippen LogP contribution in [0.3, 0.4) is 0 Å². The van der Waals surface area contributed by atoms with Crippen molar-refractivity contribution in [2.45, 2.75) is 38.3 Å². The smallest absolute Gasteiger partial charge is 0.236 e. The van der Waals surface area contributed by atoms with Crippen molar-refractivity contribution >= 4 is 5.91 Å². The van der Waals surface area contributed by atoms with Crippen molar-refractivity contribution in [1.29, 1.82) is 0 Å². The van der Waals surface area contributed by atoms with Gasteiger partial charge in [-0.25, -0.2) is 0 Å². The highest BCUT2D eigenvalue weighted by molar-refractivity contribution is 5.81. The molecule has 0 saturated carbocycles. The Kier molecular flexibility index (Phi) is 4.52. The van der Waals surface area contributed by atoms with Gasteiger partial charge in [0.05, 0.1) is 19.3 Å². The fourth-order valence-electron chi connectivity index (χ4n) is 3.36. The van der Waals surface area contributed by atoms with E-state index in [-0.39, 0.29) is 18.0 Å². The highest BCUT2D eigenvalue weighted by Crippen LogP contribution is 2.38. The Balaban J connectivity index is 1.83. The molecule has 1 saturated heterocycles. The van der Waals surface area contributed by atoms with Crippen LogP contribution in [0, 0.1) is 0 Å². The summed E-state index contributed by atoms with van der Waals surface area (Å²) in [6, 6.07) is 6.34. The first-order valence-electron chi connectivity index (χ1n) is 8.07. The van der Waals surface area contributed by atoms with E-state index >= 15 is 0 Å². The van der Waals surface area contributed by atoms with Crippen molar-refractivity contribution in [2.75, 3.05) is 26.8 Å². The van der Waals surface area contributed by atoms with Gasteiger partial charge in [0.1, 0.15) is 0 Å². The number of benzene rings is 1. The molecule has 2 atom stereocenters. The van der Waals surface area contributed by atoms with Crippen molar-refractivity contribution in [2.24, 2.45) is 0 Å². The van der Waals surface area contributed by atoms with Gasteiger partial charge in [-0.05, 0) is 44.0 Å². The van der Waals surface area contributed by atoms with E-state index in [4.69, 9.17) is 9.47 Å². The Morgan fingerprint density at radius 2 is 2.05 bits per heavy atom. The third-order valence-electron chi connectivity index (χ3n) is 4.57. The summed E-state index contributed by atoms with van der Waals surface area (Å²) in [5.41, 5.74) is 1.21. The normalized spacial score (nSPS) is 22.9. The molecule has 0 aromatic heterocycles. The number of likely N-dealkylation sites (tertiary alicyclic amines) is 1. The first-order chi connectivity index (χ1) is 10.7. The Hall–Kier alpha value is -1.75. The lowest BCUT2D eigenvalue weighted by molar-refractivity contribution is -0.125. The van der Waals surface area contributed by atoms with E-state index in [9.17, 15) is 4.79 Å². The van der Waals surface area contributed by atoms with E-state index in [1.807, 2.05) is 13.0 Å². The molecule has 5 heteroatoms. The Morgan fingerprint density at radius 1 is 1.27 bits per heavy atom. The first kappa shape index (κ1) is 15.2. The van der Waals surface area contributed by atoms with E-state index in [2.05, 4.69) is 22.3 Å².